The Morgan fingerprint density at radius 1 is 0.857 bits per heavy atom. The van der Waals surface area contributed by atoms with E-state index in [4.69, 9.17) is 5.73 Å². The van der Waals surface area contributed by atoms with Crippen LogP contribution in [0.5, 0.6) is 0 Å². The zero-order valence-electron chi connectivity index (χ0n) is 18.6. The molecule has 0 aromatic heterocycles. The minimum atomic E-state index is -0.0813. The quantitative estimate of drug-likeness (QED) is 0.243. The summed E-state index contributed by atoms with van der Waals surface area (Å²) >= 11 is 0. The third-order valence-electron chi connectivity index (χ3n) is 5.28. The van der Waals surface area contributed by atoms with Crippen LogP contribution in [0.2, 0.25) is 0 Å². The number of amides is 1. The van der Waals surface area contributed by atoms with Crippen LogP contribution in [0.25, 0.3) is 0 Å². The van der Waals surface area contributed by atoms with Crippen molar-refractivity contribution >= 4 is 23.0 Å². The highest BCUT2D eigenvalue weighted by atomic mass is 16.1. The Balaban J connectivity index is 2.63. The van der Waals surface area contributed by atoms with E-state index in [2.05, 4.69) is 30.1 Å². The first-order chi connectivity index (χ1) is 13.6. The molecule has 160 valence electrons. The van der Waals surface area contributed by atoms with Crippen LogP contribution in [0.15, 0.2) is 18.2 Å². The largest absolute Gasteiger partial charge is 0.397 e. The number of hydrogen-bond acceptors (Lipinski definition) is 3. The van der Waals surface area contributed by atoms with Crippen LogP contribution >= 0.6 is 0 Å². The van der Waals surface area contributed by atoms with Gasteiger partial charge < -0.3 is 16.0 Å². The topological polar surface area (TPSA) is 58.4 Å². The van der Waals surface area contributed by atoms with Gasteiger partial charge >= 0.3 is 0 Å². The number of hydrogen-bond donors (Lipinski definition) is 2. The number of benzene rings is 1. The fourth-order valence-electron chi connectivity index (χ4n) is 3.57. The van der Waals surface area contributed by atoms with E-state index in [1.807, 2.05) is 12.1 Å². The molecule has 0 heterocycles. The summed E-state index contributed by atoms with van der Waals surface area (Å²) < 4.78 is 0. The van der Waals surface area contributed by atoms with E-state index in [-0.39, 0.29) is 5.91 Å². The first-order valence-corrected chi connectivity index (χ1v) is 11.5. The Labute approximate surface area is 173 Å². The zero-order chi connectivity index (χ0) is 20.6. The Bertz CT molecular complexity index is 529. The number of rotatable bonds is 16. The van der Waals surface area contributed by atoms with Crippen LogP contribution in [-0.4, -0.2) is 19.0 Å². The van der Waals surface area contributed by atoms with Gasteiger partial charge in [-0.15, -0.1) is 0 Å². The first kappa shape index (κ1) is 24.3. The highest BCUT2D eigenvalue weighted by Gasteiger charge is 2.10. The molecule has 0 aliphatic heterocycles. The Hall–Kier alpha value is -1.71. The maximum Gasteiger partial charge on any atom is 0.221 e. The highest BCUT2D eigenvalue weighted by Crippen LogP contribution is 2.26. The van der Waals surface area contributed by atoms with Crippen molar-refractivity contribution in [1.82, 2.24) is 0 Å². The molecule has 4 heteroatoms. The van der Waals surface area contributed by atoms with Crippen molar-refractivity contribution in [2.24, 2.45) is 0 Å². The van der Waals surface area contributed by atoms with Crippen molar-refractivity contribution in [3.05, 3.63) is 18.2 Å². The molecule has 0 fully saturated rings. The van der Waals surface area contributed by atoms with E-state index in [1.165, 1.54) is 89.7 Å². The number of carbonyl (C=O) groups excluding carboxylic acids is 1. The maximum atomic E-state index is 11.5. The fourth-order valence-corrected chi connectivity index (χ4v) is 3.57. The van der Waals surface area contributed by atoms with E-state index in [1.54, 1.807) is 0 Å². The van der Waals surface area contributed by atoms with Crippen LogP contribution in [0.3, 0.4) is 0 Å². The molecular formula is C24H43N3O. The number of nitrogens with one attached hydrogen (secondary N) is 1. The summed E-state index contributed by atoms with van der Waals surface area (Å²) in [7, 11) is 0. The molecule has 1 aromatic rings. The number of carbonyl (C=O) groups is 1. The van der Waals surface area contributed by atoms with Gasteiger partial charge in [-0.1, -0.05) is 78.1 Å². The van der Waals surface area contributed by atoms with Gasteiger partial charge in [0.2, 0.25) is 5.91 Å². The molecule has 0 aliphatic rings. The standard InChI is InChI=1S/C24H43N3O/c1-4-6-8-10-12-14-18-27(19-15-13-11-9-7-5-2)22-16-17-23(25)24(20-22)26-21(3)28/h16-17,20H,4-15,18-19,25H2,1-3H3,(H,26,28). The van der Waals surface area contributed by atoms with Gasteiger partial charge in [0, 0.05) is 25.7 Å². The van der Waals surface area contributed by atoms with Crippen molar-refractivity contribution in [2.45, 2.75) is 97.8 Å². The van der Waals surface area contributed by atoms with E-state index in [0.717, 1.165) is 18.8 Å². The minimum absolute atomic E-state index is 0.0813. The van der Waals surface area contributed by atoms with Gasteiger partial charge in [-0.05, 0) is 31.0 Å². The number of unbranched alkanes of at least 4 members (excludes halogenated alkanes) is 10. The van der Waals surface area contributed by atoms with Crippen LogP contribution in [0, 0.1) is 0 Å². The molecule has 0 radical (unpaired) electrons. The number of nitrogens with two attached hydrogens (primary N) is 1. The van der Waals surface area contributed by atoms with Crippen LogP contribution in [-0.2, 0) is 4.79 Å². The van der Waals surface area contributed by atoms with Gasteiger partial charge in [0.05, 0.1) is 11.4 Å². The maximum absolute atomic E-state index is 11.5. The summed E-state index contributed by atoms with van der Waals surface area (Å²) in [5.74, 6) is -0.0813. The first-order valence-electron chi connectivity index (χ1n) is 11.5. The van der Waals surface area contributed by atoms with Gasteiger partial charge in [-0.2, -0.15) is 0 Å². The molecule has 4 nitrogen and oxygen atoms in total. The SMILES string of the molecule is CCCCCCCCN(CCCCCCCC)c1ccc(N)c(NC(C)=O)c1. The number of anilines is 3. The molecule has 3 N–H and O–H groups in total. The van der Waals surface area contributed by atoms with Crippen molar-refractivity contribution in [1.29, 1.82) is 0 Å². The van der Waals surface area contributed by atoms with Crippen molar-refractivity contribution in [3.63, 3.8) is 0 Å². The molecule has 0 bridgehead atoms. The number of nitrogen functional groups attached to an aromatic ring is 1. The second-order valence-electron chi connectivity index (χ2n) is 7.98. The van der Waals surface area contributed by atoms with Crippen LogP contribution < -0.4 is 16.0 Å². The summed E-state index contributed by atoms with van der Waals surface area (Å²) in [4.78, 5) is 13.9. The molecule has 0 atom stereocenters. The minimum Gasteiger partial charge on any atom is -0.397 e. The Morgan fingerprint density at radius 3 is 1.86 bits per heavy atom. The van der Waals surface area contributed by atoms with Crippen molar-refractivity contribution in [2.75, 3.05) is 29.0 Å². The molecule has 0 unspecified atom stereocenters. The Morgan fingerprint density at radius 2 is 1.36 bits per heavy atom. The average molecular weight is 390 g/mol. The predicted molar refractivity (Wildman–Crippen MR) is 124 cm³/mol. The molecular weight excluding hydrogens is 346 g/mol. The molecule has 1 aromatic carbocycles. The molecule has 28 heavy (non-hydrogen) atoms. The van der Waals surface area contributed by atoms with Crippen molar-refractivity contribution < 1.29 is 4.79 Å². The van der Waals surface area contributed by atoms with Gasteiger partial charge in [0.25, 0.3) is 0 Å². The highest BCUT2D eigenvalue weighted by molar-refractivity contribution is 5.93. The lowest BCUT2D eigenvalue weighted by molar-refractivity contribution is -0.114. The monoisotopic (exact) mass is 389 g/mol. The lowest BCUT2D eigenvalue weighted by Crippen LogP contribution is -2.26. The number of nitrogens with zero attached hydrogens (tertiary/aromatic N) is 1. The van der Waals surface area contributed by atoms with E-state index in [9.17, 15) is 4.79 Å². The summed E-state index contributed by atoms with van der Waals surface area (Å²) in [6.45, 7) is 8.19. The third-order valence-corrected chi connectivity index (χ3v) is 5.28. The van der Waals surface area contributed by atoms with Crippen LogP contribution in [0.4, 0.5) is 17.1 Å². The van der Waals surface area contributed by atoms with E-state index >= 15 is 0 Å². The molecule has 0 saturated heterocycles. The normalized spacial score (nSPS) is 10.8. The second-order valence-corrected chi connectivity index (χ2v) is 7.98. The summed E-state index contributed by atoms with van der Waals surface area (Å²) in [6, 6.07) is 6.04. The van der Waals surface area contributed by atoms with Gasteiger partial charge in [-0.25, -0.2) is 0 Å². The molecule has 0 spiro atoms. The summed E-state index contributed by atoms with van der Waals surface area (Å²) in [5.41, 5.74) is 8.55. The smallest absolute Gasteiger partial charge is 0.221 e. The molecule has 0 aliphatic carbocycles. The van der Waals surface area contributed by atoms with Gasteiger partial charge in [0.1, 0.15) is 0 Å². The molecule has 1 rings (SSSR count). The fraction of sp³-hybridized carbons (Fsp3) is 0.708. The lowest BCUT2D eigenvalue weighted by Gasteiger charge is -2.26. The van der Waals surface area contributed by atoms with E-state index < -0.39 is 0 Å². The van der Waals surface area contributed by atoms with E-state index in [0.29, 0.717) is 5.69 Å². The molecule has 1 amide bonds. The predicted octanol–water partition coefficient (Wildman–Crippen LogP) is 6.75. The summed E-state index contributed by atoms with van der Waals surface area (Å²) in [5, 5.41) is 2.86. The van der Waals surface area contributed by atoms with Crippen LogP contribution in [0.1, 0.15) is 97.8 Å². The second kappa shape index (κ2) is 15.2. The lowest BCUT2D eigenvalue weighted by atomic mass is 10.1. The average Bonchev–Trinajstić information content (AvgIpc) is 2.67. The third kappa shape index (κ3) is 10.6. The molecule has 0 saturated carbocycles. The summed E-state index contributed by atoms with van der Waals surface area (Å²) in [6.07, 6.45) is 15.7. The zero-order valence-corrected chi connectivity index (χ0v) is 18.6. The van der Waals surface area contributed by atoms with Gasteiger partial charge in [0.15, 0.2) is 0 Å². The van der Waals surface area contributed by atoms with Crippen molar-refractivity contribution in [3.8, 4) is 0 Å². The van der Waals surface area contributed by atoms with Gasteiger partial charge in [-0.3, -0.25) is 4.79 Å². The Kier molecular flexibility index (Phi) is 13.2.